The Kier molecular flexibility index (Phi) is 4.18. The van der Waals surface area contributed by atoms with E-state index in [4.69, 9.17) is 0 Å². The van der Waals surface area contributed by atoms with Gasteiger partial charge in [-0.05, 0) is 13.8 Å². The molecule has 0 bridgehead atoms. The molecular weight excluding hydrogens is 295 g/mol. The van der Waals surface area contributed by atoms with E-state index in [1.807, 2.05) is 0 Å². The molecule has 1 fully saturated rings. The Balaban J connectivity index is 2.53. The van der Waals surface area contributed by atoms with Gasteiger partial charge in [0.25, 0.3) is 5.91 Å². The number of hydrogen-bond acceptors (Lipinski definition) is 2. The molecule has 1 saturated heterocycles. The second-order valence-electron chi connectivity index (χ2n) is 5.01. The molecule has 2 unspecified atom stereocenters. The van der Waals surface area contributed by atoms with Crippen molar-refractivity contribution in [2.75, 3.05) is 13.1 Å². The molecule has 21 heavy (non-hydrogen) atoms. The van der Waals surface area contributed by atoms with Crippen molar-refractivity contribution in [1.82, 2.24) is 10.2 Å². The largest absolute Gasteiger partial charge is 0.330 e. The van der Waals surface area contributed by atoms with Gasteiger partial charge in [-0.25, -0.2) is 22.0 Å². The van der Waals surface area contributed by atoms with Gasteiger partial charge in [0.1, 0.15) is 5.56 Å². The summed E-state index contributed by atoms with van der Waals surface area (Å²) < 4.78 is 66.7. The minimum atomic E-state index is -2.28. The fourth-order valence-corrected chi connectivity index (χ4v) is 2.45. The Morgan fingerprint density at radius 1 is 0.905 bits per heavy atom. The van der Waals surface area contributed by atoms with Crippen LogP contribution in [0.3, 0.4) is 0 Å². The van der Waals surface area contributed by atoms with Gasteiger partial charge in [-0.15, -0.1) is 0 Å². The molecule has 3 nitrogen and oxygen atoms in total. The van der Waals surface area contributed by atoms with E-state index < -0.39 is 52.6 Å². The number of piperazine rings is 1. The molecule has 1 aliphatic heterocycles. The average molecular weight is 308 g/mol. The highest BCUT2D eigenvalue weighted by atomic mass is 19.2. The lowest BCUT2D eigenvalue weighted by molar-refractivity contribution is 0.0531. The summed E-state index contributed by atoms with van der Waals surface area (Å²) in [6, 6.07) is -0.868. The zero-order chi connectivity index (χ0) is 15.9. The molecule has 0 aliphatic carbocycles. The predicted molar refractivity (Wildman–Crippen MR) is 64.2 cm³/mol. The summed E-state index contributed by atoms with van der Waals surface area (Å²) in [6.07, 6.45) is 0. The van der Waals surface area contributed by atoms with Crippen LogP contribution < -0.4 is 5.32 Å². The van der Waals surface area contributed by atoms with Crippen molar-refractivity contribution in [2.45, 2.75) is 25.9 Å². The van der Waals surface area contributed by atoms with Crippen molar-refractivity contribution < 1.29 is 26.7 Å². The summed E-state index contributed by atoms with van der Waals surface area (Å²) in [4.78, 5) is 13.4. The summed E-state index contributed by atoms with van der Waals surface area (Å²) in [7, 11) is 0. The van der Waals surface area contributed by atoms with Gasteiger partial charge < -0.3 is 10.2 Å². The number of hydrogen-bond donors (Lipinski definition) is 1. The number of rotatable bonds is 1. The molecule has 0 aromatic heterocycles. The fourth-order valence-electron chi connectivity index (χ4n) is 2.45. The smallest absolute Gasteiger partial charge is 0.260 e. The number of nitrogens with zero attached hydrogens (tertiary/aromatic N) is 1. The van der Waals surface area contributed by atoms with E-state index in [2.05, 4.69) is 5.32 Å². The molecular formula is C13H13F5N2O. The van der Waals surface area contributed by atoms with Crippen LogP contribution >= 0.6 is 0 Å². The first-order chi connectivity index (χ1) is 9.77. The van der Waals surface area contributed by atoms with Crippen molar-refractivity contribution >= 4 is 5.91 Å². The molecule has 0 spiro atoms. The van der Waals surface area contributed by atoms with Crippen molar-refractivity contribution in [3.05, 3.63) is 34.6 Å². The average Bonchev–Trinajstić information content (AvgIpc) is 2.43. The van der Waals surface area contributed by atoms with Crippen molar-refractivity contribution in [2.24, 2.45) is 0 Å². The maximum Gasteiger partial charge on any atom is 0.260 e. The minimum Gasteiger partial charge on any atom is -0.330 e. The van der Waals surface area contributed by atoms with Crippen LogP contribution in [0.5, 0.6) is 0 Å². The van der Waals surface area contributed by atoms with Gasteiger partial charge in [0.05, 0.1) is 0 Å². The van der Waals surface area contributed by atoms with Crippen LogP contribution in [0.2, 0.25) is 0 Å². The Bertz CT molecular complexity index is 553. The van der Waals surface area contributed by atoms with E-state index in [1.165, 1.54) is 0 Å². The summed E-state index contributed by atoms with van der Waals surface area (Å²) in [6.45, 7) is 3.97. The van der Waals surface area contributed by atoms with E-state index in [0.29, 0.717) is 13.1 Å². The van der Waals surface area contributed by atoms with Crippen molar-refractivity contribution in [3.8, 4) is 0 Å². The third-order valence-corrected chi connectivity index (χ3v) is 3.49. The van der Waals surface area contributed by atoms with Gasteiger partial charge in [0.2, 0.25) is 5.82 Å². The summed E-state index contributed by atoms with van der Waals surface area (Å²) in [5, 5.41) is 2.99. The molecule has 1 aromatic rings. The Labute approximate surface area is 117 Å². The van der Waals surface area contributed by atoms with Crippen LogP contribution in [-0.4, -0.2) is 36.0 Å². The topological polar surface area (TPSA) is 32.3 Å². The second kappa shape index (κ2) is 5.59. The van der Waals surface area contributed by atoms with Gasteiger partial charge >= 0.3 is 0 Å². The standard InChI is InChI=1S/C13H13F5N2O/c1-5-3-19-4-6(2)20(5)13(21)7-8(14)10(16)12(18)11(17)9(7)15/h5-6,19H,3-4H2,1-2H3. The number of amides is 1. The summed E-state index contributed by atoms with van der Waals surface area (Å²) in [5.41, 5.74) is -1.41. The zero-order valence-electron chi connectivity index (χ0n) is 11.3. The first kappa shape index (κ1) is 15.7. The second-order valence-corrected chi connectivity index (χ2v) is 5.01. The van der Waals surface area contributed by atoms with E-state index in [9.17, 15) is 26.7 Å². The molecule has 116 valence electrons. The zero-order valence-corrected chi connectivity index (χ0v) is 11.3. The van der Waals surface area contributed by atoms with E-state index in [1.54, 1.807) is 13.8 Å². The van der Waals surface area contributed by atoms with Gasteiger partial charge in [0, 0.05) is 25.2 Å². The van der Waals surface area contributed by atoms with Crippen LogP contribution in [0.1, 0.15) is 24.2 Å². The fraction of sp³-hybridized carbons (Fsp3) is 0.462. The van der Waals surface area contributed by atoms with Gasteiger partial charge in [0.15, 0.2) is 23.3 Å². The summed E-state index contributed by atoms with van der Waals surface area (Å²) in [5.74, 6) is -11.9. The van der Waals surface area contributed by atoms with Crippen molar-refractivity contribution in [3.63, 3.8) is 0 Å². The number of halogens is 5. The highest BCUT2D eigenvalue weighted by Crippen LogP contribution is 2.26. The maximum absolute atomic E-state index is 13.7. The molecule has 1 N–H and O–H groups in total. The van der Waals surface area contributed by atoms with Crippen LogP contribution in [0, 0.1) is 29.1 Å². The highest BCUT2D eigenvalue weighted by Gasteiger charge is 2.36. The molecule has 1 amide bonds. The first-order valence-corrected chi connectivity index (χ1v) is 6.32. The van der Waals surface area contributed by atoms with Crippen molar-refractivity contribution in [1.29, 1.82) is 0 Å². The predicted octanol–water partition coefficient (Wildman–Crippen LogP) is 2.20. The lowest BCUT2D eigenvalue weighted by Crippen LogP contribution is -2.57. The monoisotopic (exact) mass is 308 g/mol. The molecule has 0 radical (unpaired) electrons. The van der Waals surface area contributed by atoms with E-state index in [-0.39, 0.29) is 0 Å². The third kappa shape index (κ3) is 2.48. The Morgan fingerprint density at radius 2 is 1.29 bits per heavy atom. The number of carbonyl (C=O) groups is 1. The molecule has 0 saturated carbocycles. The van der Waals surface area contributed by atoms with Crippen LogP contribution in [0.15, 0.2) is 0 Å². The number of nitrogens with one attached hydrogen (secondary N) is 1. The van der Waals surface area contributed by atoms with E-state index in [0.717, 1.165) is 4.90 Å². The molecule has 1 aliphatic rings. The van der Waals surface area contributed by atoms with Crippen LogP contribution in [0.4, 0.5) is 22.0 Å². The minimum absolute atomic E-state index is 0.367. The quantitative estimate of drug-likeness (QED) is 0.490. The molecule has 1 heterocycles. The third-order valence-electron chi connectivity index (χ3n) is 3.49. The van der Waals surface area contributed by atoms with Gasteiger partial charge in [-0.1, -0.05) is 0 Å². The van der Waals surface area contributed by atoms with Crippen LogP contribution in [-0.2, 0) is 0 Å². The molecule has 8 heteroatoms. The molecule has 2 atom stereocenters. The first-order valence-electron chi connectivity index (χ1n) is 6.32. The summed E-state index contributed by atoms with van der Waals surface area (Å²) >= 11 is 0. The lowest BCUT2D eigenvalue weighted by Gasteiger charge is -2.39. The maximum atomic E-state index is 13.7. The molecule has 1 aromatic carbocycles. The number of benzene rings is 1. The normalized spacial score (nSPS) is 22.5. The Hall–Kier alpha value is -1.70. The lowest BCUT2D eigenvalue weighted by atomic mass is 10.1. The Morgan fingerprint density at radius 3 is 1.71 bits per heavy atom. The van der Waals surface area contributed by atoms with E-state index >= 15 is 0 Å². The number of carbonyl (C=O) groups excluding carboxylic acids is 1. The highest BCUT2D eigenvalue weighted by molar-refractivity contribution is 5.95. The van der Waals surface area contributed by atoms with Crippen LogP contribution in [0.25, 0.3) is 0 Å². The SMILES string of the molecule is CC1CNCC(C)N1C(=O)c1c(F)c(F)c(F)c(F)c1F. The van der Waals surface area contributed by atoms with Gasteiger partial charge in [-0.2, -0.15) is 0 Å². The molecule has 2 rings (SSSR count). The van der Waals surface area contributed by atoms with Gasteiger partial charge in [-0.3, -0.25) is 4.79 Å².